The van der Waals surface area contributed by atoms with Gasteiger partial charge in [-0.1, -0.05) is 41.6 Å². The summed E-state index contributed by atoms with van der Waals surface area (Å²) in [5, 5.41) is 2.13. The molecule has 0 fully saturated rings. The highest BCUT2D eigenvalue weighted by atomic mass is 35.5. The Morgan fingerprint density at radius 1 is 1.30 bits per heavy atom. The van der Waals surface area contributed by atoms with E-state index in [1.54, 1.807) is 18.2 Å². The van der Waals surface area contributed by atoms with E-state index in [1.807, 2.05) is 6.07 Å². The molecule has 0 spiro atoms. The molecule has 2 amide bonds. The number of carbonyl (C=O) groups excluding carboxylic acids is 3. The van der Waals surface area contributed by atoms with E-state index in [9.17, 15) is 14.4 Å². The van der Waals surface area contributed by atoms with Crippen molar-refractivity contribution in [3.8, 4) is 0 Å². The van der Waals surface area contributed by atoms with Crippen molar-refractivity contribution in [1.29, 1.82) is 0 Å². The standard InChI is InChI=1S/C13H12ClNO4S/c1-19-12(17)7-6-11(16)15-13(18)20-8-9-4-2-3-5-10(9)14/h2-7H,8H2,1H3,(H,15,16,18)/b7-6+. The summed E-state index contributed by atoms with van der Waals surface area (Å²) in [5.74, 6) is -1.01. The van der Waals surface area contributed by atoms with E-state index in [2.05, 4.69) is 10.1 Å². The van der Waals surface area contributed by atoms with E-state index in [0.717, 1.165) is 29.5 Å². The first-order chi connectivity index (χ1) is 9.52. The average Bonchev–Trinajstić information content (AvgIpc) is 2.43. The van der Waals surface area contributed by atoms with Crippen LogP contribution in [0.4, 0.5) is 4.79 Å². The second kappa shape index (κ2) is 8.39. The largest absolute Gasteiger partial charge is 0.466 e. The quantitative estimate of drug-likeness (QED) is 0.683. The Hall–Kier alpha value is -1.79. The molecule has 20 heavy (non-hydrogen) atoms. The number of nitrogens with one attached hydrogen (secondary N) is 1. The van der Waals surface area contributed by atoms with Crippen LogP contribution in [0.2, 0.25) is 5.02 Å². The average molecular weight is 314 g/mol. The lowest BCUT2D eigenvalue weighted by Crippen LogP contribution is -2.25. The first kappa shape index (κ1) is 16.3. The zero-order chi connectivity index (χ0) is 15.0. The second-order valence-electron chi connectivity index (χ2n) is 3.51. The van der Waals surface area contributed by atoms with Gasteiger partial charge < -0.3 is 4.74 Å². The molecule has 0 saturated heterocycles. The Morgan fingerprint density at radius 3 is 2.65 bits per heavy atom. The molecule has 0 heterocycles. The highest BCUT2D eigenvalue weighted by Crippen LogP contribution is 2.20. The van der Waals surface area contributed by atoms with E-state index >= 15 is 0 Å². The maximum atomic E-state index is 11.5. The van der Waals surface area contributed by atoms with E-state index < -0.39 is 17.1 Å². The lowest BCUT2D eigenvalue weighted by atomic mass is 10.2. The highest BCUT2D eigenvalue weighted by Gasteiger charge is 2.08. The third-order valence-electron chi connectivity index (χ3n) is 2.11. The van der Waals surface area contributed by atoms with Gasteiger partial charge in [0.1, 0.15) is 0 Å². The molecule has 1 aromatic rings. The molecule has 0 bridgehead atoms. The van der Waals surface area contributed by atoms with Gasteiger partial charge in [0.25, 0.3) is 11.1 Å². The monoisotopic (exact) mass is 313 g/mol. The van der Waals surface area contributed by atoms with Crippen molar-refractivity contribution in [2.24, 2.45) is 0 Å². The molecule has 7 heteroatoms. The third kappa shape index (κ3) is 5.90. The summed E-state index contributed by atoms with van der Waals surface area (Å²) >= 11 is 6.85. The summed E-state index contributed by atoms with van der Waals surface area (Å²) in [6.45, 7) is 0. The van der Waals surface area contributed by atoms with Crippen LogP contribution < -0.4 is 5.32 Å². The smallest absolute Gasteiger partial charge is 0.330 e. The van der Waals surface area contributed by atoms with Gasteiger partial charge in [0, 0.05) is 22.9 Å². The zero-order valence-corrected chi connectivity index (χ0v) is 12.2. The Balaban J connectivity index is 2.41. The number of hydrogen-bond acceptors (Lipinski definition) is 5. The molecule has 0 aliphatic rings. The molecule has 0 atom stereocenters. The lowest BCUT2D eigenvalue weighted by Gasteiger charge is -2.03. The number of amides is 2. The van der Waals surface area contributed by atoms with Gasteiger partial charge in [0.15, 0.2) is 0 Å². The summed E-state index contributed by atoms with van der Waals surface area (Å²) in [7, 11) is 1.19. The number of thioether (sulfide) groups is 1. The molecule has 0 unspecified atom stereocenters. The number of imide groups is 1. The van der Waals surface area contributed by atoms with Gasteiger partial charge in [0.05, 0.1) is 7.11 Å². The fraction of sp³-hybridized carbons (Fsp3) is 0.154. The Labute approximate surface area is 125 Å². The summed E-state index contributed by atoms with van der Waals surface area (Å²) < 4.78 is 4.31. The minimum absolute atomic E-state index is 0.347. The molecule has 0 saturated carbocycles. The molecule has 5 nitrogen and oxygen atoms in total. The fourth-order valence-corrected chi connectivity index (χ4v) is 2.14. The Bertz CT molecular complexity index is 545. The SMILES string of the molecule is COC(=O)/C=C/C(=O)NC(=O)SCc1ccccc1Cl. The van der Waals surface area contributed by atoms with Crippen molar-refractivity contribution >= 4 is 40.5 Å². The predicted molar refractivity (Wildman–Crippen MR) is 77.4 cm³/mol. The molecule has 0 aliphatic heterocycles. The van der Waals surface area contributed by atoms with E-state index in [0.29, 0.717) is 10.8 Å². The number of carbonyl (C=O) groups is 3. The summed E-state index contributed by atoms with van der Waals surface area (Å²) in [6, 6.07) is 7.11. The minimum Gasteiger partial charge on any atom is -0.466 e. The predicted octanol–water partition coefficient (Wildman–Crippen LogP) is 2.54. The molecule has 1 aromatic carbocycles. The van der Waals surface area contributed by atoms with Crippen molar-refractivity contribution in [3.05, 3.63) is 47.0 Å². The van der Waals surface area contributed by atoms with Crippen LogP contribution in [0, 0.1) is 0 Å². The molecule has 1 N–H and O–H groups in total. The molecule has 0 aliphatic carbocycles. The number of hydrogen-bond donors (Lipinski definition) is 1. The van der Waals surface area contributed by atoms with Gasteiger partial charge in [-0.3, -0.25) is 14.9 Å². The van der Waals surface area contributed by atoms with Crippen molar-refractivity contribution in [2.45, 2.75) is 5.75 Å². The molecular formula is C13H12ClNO4S. The lowest BCUT2D eigenvalue weighted by molar-refractivity contribution is -0.135. The summed E-state index contributed by atoms with van der Waals surface area (Å²) in [5.41, 5.74) is 0.798. The number of methoxy groups -OCH3 is 1. The fourth-order valence-electron chi connectivity index (χ4n) is 1.15. The van der Waals surface area contributed by atoms with Crippen LogP contribution in [0.5, 0.6) is 0 Å². The molecule has 106 valence electrons. The number of esters is 1. The molecule has 0 aromatic heterocycles. The van der Waals surface area contributed by atoms with Crippen molar-refractivity contribution in [1.82, 2.24) is 5.32 Å². The summed E-state index contributed by atoms with van der Waals surface area (Å²) in [4.78, 5) is 33.5. The van der Waals surface area contributed by atoms with Crippen molar-refractivity contribution in [3.63, 3.8) is 0 Å². The Morgan fingerprint density at radius 2 is 2.00 bits per heavy atom. The zero-order valence-electron chi connectivity index (χ0n) is 10.6. The number of halogens is 1. The minimum atomic E-state index is -0.688. The van der Waals surface area contributed by atoms with Crippen molar-refractivity contribution < 1.29 is 19.1 Å². The van der Waals surface area contributed by atoms with Crippen molar-refractivity contribution in [2.75, 3.05) is 7.11 Å². The van der Waals surface area contributed by atoms with Gasteiger partial charge in [-0.05, 0) is 11.6 Å². The maximum Gasteiger partial charge on any atom is 0.330 e. The van der Waals surface area contributed by atoms with Crippen LogP contribution in [0.3, 0.4) is 0 Å². The Kier molecular flexibility index (Phi) is 6.83. The second-order valence-corrected chi connectivity index (χ2v) is 4.87. The first-order valence-electron chi connectivity index (χ1n) is 5.50. The van der Waals surface area contributed by atoms with E-state index in [4.69, 9.17) is 11.6 Å². The number of ether oxygens (including phenoxy) is 1. The van der Waals surface area contributed by atoms with Crippen LogP contribution in [0.1, 0.15) is 5.56 Å². The molecule has 0 radical (unpaired) electrons. The van der Waals surface area contributed by atoms with Crippen LogP contribution in [0.25, 0.3) is 0 Å². The van der Waals surface area contributed by atoms with Crippen LogP contribution in [-0.4, -0.2) is 24.2 Å². The maximum absolute atomic E-state index is 11.5. The van der Waals surface area contributed by atoms with Gasteiger partial charge in [-0.2, -0.15) is 0 Å². The topological polar surface area (TPSA) is 72.5 Å². The highest BCUT2D eigenvalue weighted by molar-refractivity contribution is 8.12. The van der Waals surface area contributed by atoms with Gasteiger partial charge in [-0.15, -0.1) is 0 Å². The third-order valence-corrected chi connectivity index (χ3v) is 3.30. The number of rotatable bonds is 4. The van der Waals surface area contributed by atoms with Gasteiger partial charge in [0.2, 0.25) is 0 Å². The first-order valence-corrected chi connectivity index (χ1v) is 6.86. The van der Waals surface area contributed by atoms with E-state index in [1.165, 1.54) is 7.11 Å². The molecular weight excluding hydrogens is 302 g/mol. The van der Waals surface area contributed by atoms with Crippen LogP contribution in [-0.2, 0) is 20.1 Å². The van der Waals surface area contributed by atoms with E-state index in [-0.39, 0.29) is 0 Å². The summed E-state index contributed by atoms with van der Waals surface area (Å²) in [6.07, 6.45) is 1.86. The normalized spacial score (nSPS) is 10.3. The molecule has 1 rings (SSSR count). The van der Waals surface area contributed by atoms with Crippen LogP contribution >= 0.6 is 23.4 Å². The van der Waals surface area contributed by atoms with Crippen LogP contribution in [0.15, 0.2) is 36.4 Å². The number of benzene rings is 1. The van der Waals surface area contributed by atoms with Gasteiger partial charge in [-0.25, -0.2) is 4.79 Å². The van der Waals surface area contributed by atoms with Gasteiger partial charge >= 0.3 is 5.97 Å².